The third-order valence-corrected chi connectivity index (χ3v) is 5.38. The molecule has 0 radical (unpaired) electrons. The molecule has 1 aliphatic rings. The van der Waals surface area contributed by atoms with Crippen LogP contribution in [0.2, 0.25) is 0 Å². The molecule has 0 saturated heterocycles. The van der Waals surface area contributed by atoms with Gasteiger partial charge in [-0.15, -0.1) is 11.3 Å². The van der Waals surface area contributed by atoms with Gasteiger partial charge in [-0.3, -0.25) is 14.6 Å². The predicted octanol–water partition coefficient (Wildman–Crippen LogP) is 3.77. The summed E-state index contributed by atoms with van der Waals surface area (Å²) < 4.78 is 5.86. The summed E-state index contributed by atoms with van der Waals surface area (Å²) in [7, 11) is 0. The number of carbonyl (C=O) groups excluding carboxylic acids is 2. The van der Waals surface area contributed by atoms with Crippen LogP contribution < -0.4 is 10.7 Å². The van der Waals surface area contributed by atoms with Gasteiger partial charge in [0.2, 0.25) is 0 Å². The molecule has 0 aromatic carbocycles. The van der Waals surface area contributed by atoms with E-state index in [9.17, 15) is 9.59 Å². The first-order valence-electron chi connectivity index (χ1n) is 8.88. The summed E-state index contributed by atoms with van der Waals surface area (Å²) >= 11 is 1.36. The quantitative estimate of drug-likeness (QED) is 0.659. The van der Waals surface area contributed by atoms with Crippen LogP contribution in [0.3, 0.4) is 0 Å². The lowest BCUT2D eigenvalue weighted by molar-refractivity contribution is 0.0957. The van der Waals surface area contributed by atoms with Crippen molar-refractivity contribution in [3.63, 3.8) is 0 Å². The number of fused-ring (bicyclic) bond motifs is 1. The first kappa shape index (κ1) is 18.1. The summed E-state index contributed by atoms with van der Waals surface area (Å²) in [5.74, 6) is 0.431. The summed E-state index contributed by atoms with van der Waals surface area (Å²) in [6.07, 6.45) is 5.51. The maximum Gasteiger partial charge on any atom is 0.291 e. The largest absolute Gasteiger partial charge is 0.455 e. The van der Waals surface area contributed by atoms with E-state index in [1.165, 1.54) is 11.3 Å². The number of aromatic nitrogens is 1. The van der Waals surface area contributed by atoms with Gasteiger partial charge in [0, 0.05) is 35.6 Å². The van der Waals surface area contributed by atoms with E-state index in [-0.39, 0.29) is 17.6 Å². The molecule has 0 aliphatic heterocycles. The molecule has 3 aromatic rings. The number of hydrogen-bond donors (Lipinski definition) is 2. The van der Waals surface area contributed by atoms with Crippen molar-refractivity contribution in [3.05, 3.63) is 69.6 Å². The van der Waals surface area contributed by atoms with Crippen LogP contribution in [-0.2, 0) is 6.42 Å². The molecule has 3 heterocycles. The molecule has 0 saturated carbocycles. The highest BCUT2D eigenvalue weighted by molar-refractivity contribution is 7.12. The maximum absolute atomic E-state index is 12.6. The van der Waals surface area contributed by atoms with Crippen LogP contribution in [0.4, 0.5) is 5.69 Å². The Bertz CT molecular complexity index is 1040. The molecule has 1 aliphatic carbocycles. The number of anilines is 1. The third kappa shape index (κ3) is 3.59. The topological polar surface area (TPSA) is 96.6 Å². The molecule has 7 nitrogen and oxygen atoms in total. The molecule has 0 unspecified atom stereocenters. The smallest absolute Gasteiger partial charge is 0.291 e. The molecule has 142 valence electrons. The van der Waals surface area contributed by atoms with Crippen molar-refractivity contribution in [2.75, 3.05) is 5.32 Å². The van der Waals surface area contributed by atoms with E-state index in [0.717, 1.165) is 35.4 Å². The number of rotatable bonds is 4. The number of hydrazone groups is 1. The van der Waals surface area contributed by atoms with Crippen molar-refractivity contribution in [2.45, 2.75) is 26.2 Å². The number of aryl methyl sites for hydroxylation is 1. The zero-order chi connectivity index (χ0) is 19.5. The van der Waals surface area contributed by atoms with Crippen LogP contribution in [0.25, 0.3) is 0 Å². The highest BCUT2D eigenvalue weighted by atomic mass is 32.1. The minimum atomic E-state index is -0.319. The second-order valence-electron chi connectivity index (χ2n) is 6.37. The molecule has 2 N–H and O–H groups in total. The number of pyridine rings is 1. The summed E-state index contributed by atoms with van der Waals surface area (Å²) in [6, 6.07) is 6.99. The fraction of sp³-hybridized carbons (Fsp3) is 0.200. The number of amides is 2. The van der Waals surface area contributed by atoms with Crippen molar-refractivity contribution in [1.29, 1.82) is 0 Å². The number of nitrogens with one attached hydrogen (secondary N) is 2. The molecule has 3 aromatic heterocycles. The average Bonchev–Trinajstić information content (AvgIpc) is 3.36. The van der Waals surface area contributed by atoms with Gasteiger partial charge in [-0.2, -0.15) is 5.10 Å². The monoisotopic (exact) mass is 394 g/mol. The summed E-state index contributed by atoms with van der Waals surface area (Å²) in [4.78, 5) is 29.3. The van der Waals surface area contributed by atoms with E-state index >= 15 is 0 Å². The van der Waals surface area contributed by atoms with Crippen molar-refractivity contribution in [1.82, 2.24) is 10.4 Å². The standard InChI is InChI=1S/C20H18N4O3S/c1-12-17-14(23-24-19(25)16-6-3-11-28-16)4-2-5-15(17)27-18(12)20(26)22-13-7-9-21-10-8-13/h3,6-11H,2,4-5H2,1H3,(H,24,25)(H,21,22,26)/b23-14+. The normalized spacial score (nSPS) is 14.5. The Balaban J connectivity index is 1.58. The Hall–Kier alpha value is -3.26. The summed E-state index contributed by atoms with van der Waals surface area (Å²) in [6.45, 7) is 1.84. The van der Waals surface area contributed by atoms with Crippen LogP contribution in [0, 0.1) is 6.92 Å². The Labute approximate surface area is 165 Å². The highest BCUT2D eigenvalue weighted by Crippen LogP contribution is 2.30. The molecule has 2 amide bonds. The van der Waals surface area contributed by atoms with Gasteiger partial charge >= 0.3 is 0 Å². The van der Waals surface area contributed by atoms with E-state index in [4.69, 9.17) is 4.42 Å². The molecular formula is C20H18N4O3S. The molecule has 8 heteroatoms. The van der Waals surface area contributed by atoms with Crippen molar-refractivity contribution < 1.29 is 14.0 Å². The number of furan rings is 1. The third-order valence-electron chi connectivity index (χ3n) is 4.51. The number of carbonyl (C=O) groups is 2. The number of nitrogens with zero attached hydrogens (tertiary/aromatic N) is 2. The minimum Gasteiger partial charge on any atom is -0.455 e. The van der Waals surface area contributed by atoms with E-state index in [0.29, 0.717) is 17.0 Å². The van der Waals surface area contributed by atoms with Gasteiger partial charge in [0.25, 0.3) is 11.8 Å². The highest BCUT2D eigenvalue weighted by Gasteiger charge is 2.28. The Morgan fingerprint density at radius 3 is 2.75 bits per heavy atom. The van der Waals surface area contributed by atoms with Gasteiger partial charge in [-0.1, -0.05) is 6.07 Å². The van der Waals surface area contributed by atoms with E-state index in [2.05, 4.69) is 20.8 Å². The molecular weight excluding hydrogens is 376 g/mol. The first-order valence-corrected chi connectivity index (χ1v) is 9.76. The Morgan fingerprint density at radius 1 is 1.18 bits per heavy atom. The number of thiophene rings is 1. The SMILES string of the molecule is Cc1c(C(=O)Nc2ccncc2)oc2c1/C(=N/NC(=O)c1cccs1)CCC2. The predicted molar refractivity (Wildman–Crippen MR) is 107 cm³/mol. The molecule has 28 heavy (non-hydrogen) atoms. The number of hydrogen-bond acceptors (Lipinski definition) is 6. The van der Waals surface area contributed by atoms with Gasteiger partial charge in [0.05, 0.1) is 10.6 Å². The molecule has 0 bridgehead atoms. The lowest BCUT2D eigenvalue weighted by atomic mass is 9.93. The van der Waals surface area contributed by atoms with Gasteiger partial charge < -0.3 is 9.73 Å². The molecule has 0 fully saturated rings. The lowest BCUT2D eigenvalue weighted by Crippen LogP contribution is -2.21. The minimum absolute atomic E-state index is 0.244. The zero-order valence-electron chi connectivity index (χ0n) is 15.2. The van der Waals surface area contributed by atoms with E-state index in [1.54, 1.807) is 30.6 Å². The second kappa shape index (κ2) is 7.77. The Morgan fingerprint density at radius 2 is 2.00 bits per heavy atom. The van der Waals surface area contributed by atoms with Crippen molar-refractivity contribution >= 4 is 34.6 Å². The van der Waals surface area contributed by atoms with E-state index < -0.39 is 0 Å². The van der Waals surface area contributed by atoms with Crippen LogP contribution in [0.15, 0.2) is 51.6 Å². The van der Waals surface area contributed by atoms with Gasteiger partial charge in [-0.05, 0) is 43.3 Å². The maximum atomic E-state index is 12.6. The van der Waals surface area contributed by atoms with Gasteiger partial charge in [0.15, 0.2) is 5.76 Å². The van der Waals surface area contributed by atoms with Crippen LogP contribution >= 0.6 is 11.3 Å². The Kier molecular flexibility index (Phi) is 5.03. The van der Waals surface area contributed by atoms with Crippen LogP contribution in [-0.4, -0.2) is 22.5 Å². The summed E-state index contributed by atoms with van der Waals surface area (Å²) in [5.41, 5.74) is 5.53. The molecule has 4 rings (SSSR count). The lowest BCUT2D eigenvalue weighted by Gasteiger charge is -2.13. The average molecular weight is 394 g/mol. The van der Waals surface area contributed by atoms with Crippen molar-refractivity contribution in [2.24, 2.45) is 5.10 Å². The zero-order valence-corrected chi connectivity index (χ0v) is 16.0. The fourth-order valence-corrected chi connectivity index (χ4v) is 3.81. The van der Waals surface area contributed by atoms with Gasteiger partial charge in [0.1, 0.15) is 5.76 Å². The van der Waals surface area contributed by atoms with E-state index in [1.807, 2.05) is 18.4 Å². The van der Waals surface area contributed by atoms with Crippen molar-refractivity contribution in [3.8, 4) is 0 Å². The van der Waals surface area contributed by atoms with Gasteiger partial charge in [-0.25, -0.2) is 5.43 Å². The fourth-order valence-electron chi connectivity index (χ4n) is 3.20. The second-order valence-corrected chi connectivity index (χ2v) is 7.32. The van der Waals surface area contributed by atoms with Crippen LogP contribution in [0.1, 0.15) is 50.0 Å². The summed E-state index contributed by atoms with van der Waals surface area (Å²) in [5, 5.41) is 8.97. The molecule has 0 spiro atoms. The van der Waals surface area contributed by atoms with Crippen LogP contribution in [0.5, 0.6) is 0 Å². The molecule has 0 atom stereocenters. The first-order chi connectivity index (χ1) is 13.6.